The van der Waals surface area contributed by atoms with E-state index in [9.17, 15) is 4.79 Å². The maximum atomic E-state index is 13.1. The molecule has 1 aromatic carbocycles. The van der Waals surface area contributed by atoms with E-state index in [0.29, 0.717) is 24.8 Å². The molecule has 1 aromatic rings. The summed E-state index contributed by atoms with van der Waals surface area (Å²) in [5.74, 6) is 0.195. The molecule has 0 aliphatic carbocycles. The van der Waals surface area contributed by atoms with Gasteiger partial charge in [0.05, 0.1) is 5.41 Å². The molecule has 21 heavy (non-hydrogen) atoms. The number of benzene rings is 1. The fraction of sp³-hybridized carbons (Fsp3) is 0.562. The number of hydrogen-bond acceptors (Lipinski definition) is 3. The molecule has 114 valence electrons. The molecule has 0 spiro atoms. The van der Waals surface area contributed by atoms with E-state index in [2.05, 4.69) is 0 Å². The van der Waals surface area contributed by atoms with Crippen LogP contribution in [-0.2, 0) is 14.9 Å². The highest BCUT2D eigenvalue weighted by atomic mass is 35.5. The van der Waals surface area contributed by atoms with Gasteiger partial charge in [-0.15, -0.1) is 0 Å². The Labute approximate surface area is 130 Å². The molecule has 2 aliphatic rings. The minimum Gasteiger partial charge on any atom is -0.381 e. The van der Waals surface area contributed by atoms with Crippen LogP contribution >= 0.6 is 11.6 Å². The van der Waals surface area contributed by atoms with Crippen LogP contribution in [0.2, 0.25) is 5.02 Å². The van der Waals surface area contributed by atoms with E-state index in [1.54, 1.807) is 0 Å². The number of halogens is 1. The second-order valence-electron chi connectivity index (χ2n) is 6.00. The molecule has 0 saturated carbocycles. The lowest BCUT2D eigenvalue weighted by molar-refractivity contribution is -0.140. The molecule has 2 saturated heterocycles. The second kappa shape index (κ2) is 5.95. The quantitative estimate of drug-likeness (QED) is 0.908. The average molecular weight is 309 g/mol. The first-order valence-electron chi connectivity index (χ1n) is 7.50. The number of amides is 1. The highest BCUT2D eigenvalue weighted by Crippen LogP contribution is 2.38. The molecule has 2 N–H and O–H groups in total. The van der Waals surface area contributed by atoms with E-state index in [1.807, 2.05) is 29.2 Å². The van der Waals surface area contributed by atoms with Gasteiger partial charge in [-0.05, 0) is 37.0 Å². The molecule has 5 heteroatoms. The summed E-state index contributed by atoms with van der Waals surface area (Å²) < 4.78 is 5.48. The van der Waals surface area contributed by atoms with E-state index in [0.717, 1.165) is 31.4 Å². The van der Waals surface area contributed by atoms with Crippen LogP contribution in [0.4, 0.5) is 0 Å². The molecule has 3 rings (SSSR count). The van der Waals surface area contributed by atoms with Gasteiger partial charge in [-0.25, -0.2) is 0 Å². The van der Waals surface area contributed by atoms with Gasteiger partial charge in [0.15, 0.2) is 0 Å². The smallest absolute Gasteiger partial charge is 0.233 e. The van der Waals surface area contributed by atoms with Crippen molar-refractivity contribution in [2.45, 2.75) is 30.7 Å². The van der Waals surface area contributed by atoms with Crippen molar-refractivity contribution >= 4 is 17.5 Å². The number of carbonyl (C=O) groups excluding carboxylic acids is 1. The van der Waals surface area contributed by atoms with Crippen molar-refractivity contribution in [3.05, 3.63) is 34.9 Å². The number of rotatable bonds is 2. The third-order valence-electron chi connectivity index (χ3n) is 4.66. The maximum absolute atomic E-state index is 13.1. The summed E-state index contributed by atoms with van der Waals surface area (Å²) in [7, 11) is 0. The highest BCUT2D eigenvalue weighted by Gasteiger charge is 2.45. The first kappa shape index (κ1) is 14.8. The highest BCUT2D eigenvalue weighted by molar-refractivity contribution is 6.30. The fourth-order valence-electron chi connectivity index (χ4n) is 3.39. The minimum atomic E-state index is -0.479. The molecule has 0 unspecified atom stereocenters. The van der Waals surface area contributed by atoms with E-state index in [1.165, 1.54) is 0 Å². The molecule has 2 heterocycles. The molecule has 2 fully saturated rings. The predicted molar refractivity (Wildman–Crippen MR) is 82.4 cm³/mol. The van der Waals surface area contributed by atoms with Crippen LogP contribution in [0, 0.1) is 0 Å². The normalized spacial score (nSPS) is 25.0. The van der Waals surface area contributed by atoms with Gasteiger partial charge in [0, 0.05) is 37.4 Å². The lowest BCUT2D eigenvalue weighted by Gasteiger charge is -2.39. The van der Waals surface area contributed by atoms with Gasteiger partial charge in [0.2, 0.25) is 5.91 Å². The number of nitrogens with two attached hydrogens (primary N) is 1. The lowest BCUT2D eigenvalue weighted by Crippen LogP contribution is -2.49. The van der Waals surface area contributed by atoms with Crippen LogP contribution in [0.15, 0.2) is 24.3 Å². The predicted octanol–water partition coefficient (Wildman–Crippen LogP) is 1.95. The molecule has 1 atom stereocenters. The maximum Gasteiger partial charge on any atom is 0.233 e. The van der Waals surface area contributed by atoms with Crippen LogP contribution in [0.25, 0.3) is 0 Å². The Bertz CT molecular complexity index is 512. The van der Waals surface area contributed by atoms with E-state index in [-0.39, 0.29) is 11.9 Å². The Morgan fingerprint density at radius 3 is 2.52 bits per heavy atom. The SMILES string of the molecule is N[C@@H]1CCN(C(=O)C2(c3ccc(Cl)cc3)CCOCC2)C1. The van der Waals surface area contributed by atoms with Crippen molar-refractivity contribution in [3.8, 4) is 0 Å². The van der Waals surface area contributed by atoms with Crippen LogP contribution in [0.3, 0.4) is 0 Å². The van der Waals surface area contributed by atoms with E-state index in [4.69, 9.17) is 22.1 Å². The van der Waals surface area contributed by atoms with Gasteiger partial charge in [0.25, 0.3) is 0 Å². The summed E-state index contributed by atoms with van der Waals surface area (Å²) in [5, 5.41) is 0.691. The van der Waals surface area contributed by atoms with Crippen molar-refractivity contribution in [2.75, 3.05) is 26.3 Å². The number of nitrogens with zero attached hydrogens (tertiary/aromatic N) is 1. The lowest BCUT2D eigenvalue weighted by atomic mass is 9.73. The molecular formula is C16H21ClN2O2. The van der Waals surface area contributed by atoms with Crippen LogP contribution in [0.5, 0.6) is 0 Å². The fourth-order valence-corrected chi connectivity index (χ4v) is 3.52. The Hall–Kier alpha value is -1.10. The largest absolute Gasteiger partial charge is 0.381 e. The van der Waals surface area contributed by atoms with Gasteiger partial charge in [-0.3, -0.25) is 4.79 Å². The van der Waals surface area contributed by atoms with Gasteiger partial charge < -0.3 is 15.4 Å². The standard InChI is InChI=1S/C16H21ClN2O2/c17-13-3-1-12(2-4-13)16(6-9-21-10-7-16)15(20)19-8-5-14(18)11-19/h1-4,14H,5-11,18H2/t14-/m1/s1. The van der Waals surface area contributed by atoms with Gasteiger partial charge in [-0.1, -0.05) is 23.7 Å². The van der Waals surface area contributed by atoms with Gasteiger partial charge >= 0.3 is 0 Å². The van der Waals surface area contributed by atoms with Crippen molar-refractivity contribution in [2.24, 2.45) is 5.73 Å². The number of carbonyl (C=O) groups is 1. The summed E-state index contributed by atoms with van der Waals surface area (Å²) in [6, 6.07) is 7.77. The van der Waals surface area contributed by atoms with Gasteiger partial charge in [0.1, 0.15) is 0 Å². The van der Waals surface area contributed by atoms with Crippen molar-refractivity contribution in [1.29, 1.82) is 0 Å². The Morgan fingerprint density at radius 1 is 1.29 bits per heavy atom. The zero-order chi connectivity index (χ0) is 14.9. The zero-order valence-electron chi connectivity index (χ0n) is 12.1. The van der Waals surface area contributed by atoms with Crippen LogP contribution < -0.4 is 5.73 Å². The third kappa shape index (κ3) is 2.80. The molecule has 0 radical (unpaired) electrons. The third-order valence-corrected chi connectivity index (χ3v) is 4.92. The first-order chi connectivity index (χ1) is 10.1. The molecule has 1 amide bonds. The number of likely N-dealkylation sites (tertiary alicyclic amines) is 1. The first-order valence-corrected chi connectivity index (χ1v) is 7.88. The Kier molecular flexibility index (Phi) is 4.20. The molecule has 0 aromatic heterocycles. The number of ether oxygens (including phenoxy) is 1. The molecular weight excluding hydrogens is 288 g/mol. The number of hydrogen-bond donors (Lipinski definition) is 1. The Balaban J connectivity index is 1.92. The molecule has 0 bridgehead atoms. The van der Waals surface area contributed by atoms with Crippen LogP contribution in [0.1, 0.15) is 24.8 Å². The van der Waals surface area contributed by atoms with E-state index >= 15 is 0 Å². The average Bonchev–Trinajstić information content (AvgIpc) is 2.94. The summed E-state index contributed by atoms with van der Waals surface area (Å²) in [6.07, 6.45) is 2.33. The minimum absolute atomic E-state index is 0.107. The molecule has 2 aliphatic heterocycles. The second-order valence-corrected chi connectivity index (χ2v) is 6.44. The monoisotopic (exact) mass is 308 g/mol. The van der Waals surface area contributed by atoms with Crippen molar-refractivity contribution < 1.29 is 9.53 Å². The summed E-state index contributed by atoms with van der Waals surface area (Å²) in [5.41, 5.74) is 6.52. The van der Waals surface area contributed by atoms with E-state index < -0.39 is 5.41 Å². The van der Waals surface area contributed by atoms with Crippen molar-refractivity contribution in [3.63, 3.8) is 0 Å². The summed E-state index contributed by atoms with van der Waals surface area (Å²) >= 11 is 5.99. The zero-order valence-corrected chi connectivity index (χ0v) is 12.8. The summed E-state index contributed by atoms with van der Waals surface area (Å²) in [4.78, 5) is 15.1. The van der Waals surface area contributed by atoms with Crippen LogP contribution in [-0.4, -0.2) is 43.2 Å². The summed E-state index contributed by atoms with van der Waals surface area (Å²) in [6.45, 7) is 2.66. The van der Waals surface area contributed by atoms with Gasteiger partial charge in [-0.2, -0.15) is 0 Å². The Morgan fingerprint density at radius 2 is 1.95 bits per heavy atom. The topological polar surface area (TPSA) is 55.6 Å². The van der Waals surface area contributed by atoms with Crippen molar-refractivity contribution in [1.82, 2.24) is 4.90 Å². The molecule has 4 nitrogen and oxygen atoms in total.